The van der Waals surface area contributed by atoms with Crippen molar-refractivity contribution in [2.24, 2.45) is 0 Å². The number of alkyl halides is 4. The quantitative estimate of drug-likeness (QED) is 0.534. The van der Waals surface area contributed by atoms with Crippen LogP contribution in [0, 0.1) is 0 Å². The summed E-state index contributed by atoms with van der Waals surface area (Å²) in [6, 6.07) is 10.3. The van der Waals surface area contributed by atoms with Gasteiger partial charge < -0.3 is 14.8 Å². The molecule has 11 heteroatoms. The molecule has 2 heterocycles. The van der Waals surface area contributed by atoms with E-state index in [2.05, 4.69) is 24.9 Å². The summed E-state index contributed by atoms with van der Waals surface area (Å²) in [4.78, 5) is 4.15. The highest BCUT2D eigenvalue weighted by molar-refractivity contribution is 6.30. The van der Waals surface area contributed by atoms with E-state index in [0.717, 1.165) is 11.6 Å². The maximum Gasteiger partial charge on any atom is 0.387 e. The number of nitrogens with one attached hydrogen (secondary N) is 1. The van der Waals surface area contributed by atoms with Crippen LogP contribution < -0.4 is 14.8 Å². The summed E-state index contributed by atoms with van der Waals surface area (Å²) in [5.41, 5.74) is 1.94. The molecule has 3 aromatic rings. The molecule has 1 atom stereocenters. The van der Waals surface area contributed by atoms with Crippen molar-refractivity contribution in [2.75, 3.05) is 5.32 Å². The van der Waals surface area contributed by atoms with Crippen molar-refractivity contribution < 1.29 is 27.0 Å². The first-order valence-corrected chi connectivity index (χ1v) is 8.96. The van der Waals surface area contributed by atoms with Gasteiger partial charge in [0, 0.05) is 10.7 Å². The van der Waals surface area contributed by atoms with Crippen molar-refractivity contribution in [1.82, 2.24) is 14.8 Å². The second-order valence-corrected chi connectivity index (χ2v) is 6.58. The lowest BCUT2D eigenvalue weighted by Crippen LogP contribution is -2.20. The number of hydrogen-bond donors (Lipinski definition) is 1. The van der Waals surface area contributed by atoms with Gasteiger partial charge in [0.05, 0.1) is 0 Å². The van der Waals surface area contributed by atoms with Crippen LogP contribution in [-0.2, 0) is 0 Å². The van der Waals surface area contributed by atoms with Crippen LogP contribution in [0.5, 0.6) is 11.5 Å². The van der Waals surface area contributed by atoms with Crippen molar-refractivity contribution in [3.05, 3.63) is 71.0 Å². The summed E-state index contributed by atoms with van der Waals surface area (Å²) in [6.45, 7) is -6.40. The molecular formula is C19H13ClF4N4O2. The van der Waals surface area contributed by atoms with Crippen molar-refractivity contribution in [3.63, 3.8) is 0 Å². The Morgan fingerprint density at radius 2 is 1.67 bits per heavy atom. The molecule has 0 radical (unpaired) electrons. The molecule has 156 valence electrons. The summed E-state index contributed by atoms with van der Waals surface area (Å²) in [5, 5.41) is 7.85. The van der Waals surface area contributed by atoms with Crippen LogP contribution in [0.25, 0.3) is 5.70 Å². The van der Waals surface area contributed by atoms with E-state index in [-0.39, 0.29) is 0 Å². The third-order valence-electron chi connectivity index (χ3n) is 4.30. The van der Waals surface area contributed by atoms with Crippen LogP contribution in [0.1, 0.15) is 17.2 Å². The van der Waals surface area contributed by atoms with E-state index < -0.39 is 30.8 Å². The van der Waals surface area contributed by atoms with Gasteiger partial charge in [-0.05, 0) is 41.5 Å². The van der Waals surface area contributed by atoms with Gasteiger partial charge in [-0.15, -0.1) is 0 Å². The number of aromatic nitrogens is 3. The van der Waals surface area contributed by atoms with Crippen molar-refractivity contribution in [1.29, 1.82) is 0 Å². The minimum atomic E-state index is -3.21. The molecule has 0 spiro atoms. The molecule has 30 heavy (non-hydrogen) atoms. The van der Waals surface area contributed by atoms with Gasteiger partial charge in [0.2, 0.25) is 5.95 Å². The fourth-order valence-electron chi connectivity index (χ4n) is 3.06. The smallest absolute Gasteiger partial charge is 0.387 e. The SMILES string of the molecule is FC(F)Oc1ccc([C@H]2C=C(c3ccc(Cl)cc3)Nc3ncnn32)cc1OC(F)F. The Morgan fingerprint density at radius 1 is 0.967 bits per heavy atom. The monoisotopic (exact) mass is 440 g/mol. The molecular weight excluding hydrogens is 428 g/mol. The second-order valence-electron chi connectivity index (χ2n) is 6.15. The molecule has 1 aliphatic heterocycles. The Labute approximate surface area is 172 Å². The minimum absolute atomic E-state index is 0.414. The van der Waals surface area contributed by atoms with E-state index in [1.807, 2.05) is 0 Å². The number of hydrogen-bond acceptors (Lipinski definition) is 5. The van der Waals surface area contributed by atoms with Gasteiger partial charge >= 0.3 is 13.2 Å². The highest BCUT2D eigenvalue weighted by atomic mass is 35.5. The lowest BCUT2D eigenvalue weighted by molar-refractivity contribution is -0.0692. The number of allylic oxidation sites excluding steroid dienone is 1. The summed E-state index contributed by atoms with van der Waals surface area (Å²) in [5.74, 6) is -0.593. The molecule has 0 amide bonds. The number of anilines is 1. The van der Waals surface area contributed by atoms with E-state index in [4.69, 9.17) is 11.6 Å². The second kappa shape index (κ2) is 8.23. The highest BCUT2D eigenvalue weighted by Crippen LogP contribution is 2.37. The molecule has 2 aromatic carbocycles. The largest absolute Gasteiger partial charge is 0.431 e. The zero-order valence-corrected chi connectivity index (χ0v) is 15.7. The highest BCUT2D eigenvalue weighted by Gasteiger charge is 2.25. The van der Waals surface area contributed by atoms with Crippen molar-refractivity contribution in [2.45, 2.75) is 19.3 Å². The summed E-state index contributed by atoms with van der Waals surface area (Å²) in [6.07, 6.45) is 3.12. The summed E-state index contributed by atoms with van der Waals surface area (Å²) < 4.78 is 61.0. The molecule has 0 saturated carbocycles. The Balaban J connectivity index is 1.76. The Hall–Kier alpha value is -3.27. The van der Waals surface area contributed by atoms with E-state index >= 15 is 0 Å². The molecule has 0 fully saturated rings. The van der Waals surface area contributed by atoms with Gasteiger partial charge in [0.1, 0.15) is 12.4 Å². The van der Waals surface area contributed by atoms with Crippen LogP contribution in [0.4, 0.5) is 23.5 Å². The summed E-state index contributed by atoms with van der Waals surface area (Å²) >= 11 is 5.94. The van der Waals surface area contributed by atoms with Crippen LogP contribution in [-0.4, -0.2) is 28.0 Å². The topological polar surface area (TPSA) is 61.2 Å². The average Bonchev–Trinajstić information content (AvgIpc) is 3.17. The van der Waals surface area contributed by atoms with Gasteiger partial charge in [-0.25, -0.2) is 4.68 Å². The molecule has 4 rings (SSSR count). The maximum absolute atomic E-state index is 12.8. The standard InChI is InChI=1S/C19H13ClF4N4O2/c20-12-4-1-10(2-5-12)13-8-14(28-19(27-13)25-9-26-28)11-3-6-15(29-17(21)22)16(7-11)30-18(23)24/h1-9,14,17-18H,(H,25,26,27)/t14-/m1/s1. The van der Waals surface area contributed by atoms with Crippen LogP contribution in [0.2, 0.25) is 5.02 Å². The fourth-order valence-corrected chi connectivity index (χ4v) is 3.18. The molecule has 0 bridgehead atoms. The number of halogens is 5. The Bertz CT molecular complexity index is 1070. The first-order chi connectivity index (χ1) is 14.4. The van der Waals surface area contributed by atoms with Crippen molar-refractivity contribution >= 4 is 23.2 Å². The van der Waals surface area contributed by atoms with Gasteiger partial charge in [-0.3, -0.25) is 0 Å². The fraction of sp³-hybridized carbons (Fsp3) is 0.158. The molecule has 0 unspecified atom stereocenters. The van der Waals surface area contributed by atoms with E-state index in [1.54, 1.807) is 30.3 Å². The zero-order chi connectivity index (χ0) is 21.3. The third-order valence-corrected chi connectivity index (χ3v) is 4.56. The van der Waals surface area contributed by atoms with Crippen LogP contribution >= 0.6 is 11.6 Å². The number of ether oxygens (including phenoxy) is 2. The van der Waals surface area contributed by atoms with Crippen LogP contribution in [0.3, 0.4) is 0 Å². The molecule has 0 aliphatic carbocycles. The third kappa shape index (κ3) is 4.18. The van der Waals surface area contributed by atoms with Gasteiger partial charge in [0.15, 0.2) is 11.5 Å². The van der Waals surface area contributed by atoms with Gasteiger partial charge in [-0.1, -0.05) is 29.8 Å². The lowest BCUT2D eigenvalue weighted by atomic mass is 10.0. The Kier molecular flexibility index (Phi) is 5.49. The molecule has 1 aromatic heterocycles. The predicted molar refractivity (Wildman–Crippen MR) is 101 cm³/mol. The first-order valence-electron chi connectivity index (χ1n) is 8.58. The van der Waals surface area contributed by atoms with E-state index in [9.17, 15) is 17.6 Å². The Morgan fingerprint density at radius 3 is 2.37 bits per heavy atom. The van der Waals surface area contributed by atoms with E-state index in [1.165, 1.54) is 23.1 Å². The normalized spacial score (nSPS) is 15.6. The zero-order valence-electron chi connectivity index (χ0n) is 15.0. The molecule has 0 saturated heterocycles. The molecule has 6 nitrogen and oxygen atoms in total. The number of rotatable bonds is 6. The number of benzene rings is 2. The van der Waals surface area contributed by atoms with Crippen molar-refractivity contribution in [3.8, 4) is 11.5 Å². The predicted octanol–water partition coefficient (Wildman–Crippen LogP) is 5.19. The number of nitrogens with zero attached hydrogens (tertiary/aromatic N) is 3. The minimum Gasteiger partial charge on any atom is -0.431 e. The van der Waals surface area contributed by atoms with Gasteiger partial charge in [0.25, 0.3) is 0 Å². The lowest BCUT2D eigenvalue weighted by Gasteiger charge is -2.25. The molecule has 1 N–H and O–H groups in total. The maximum atomic E-state index is 12.8. The summed E-state index contributed by atoms with van der Waals surface area (Å²) in [7, 11) is 0. The first kappa shape index (κ1) is 20.0. The van der Waals surface area contributed by atoms with Gasteiger partial charge in [-0.2, -0.15) is 27.6 Å². The number of fused-ring (bicyclic) bond motifs is 1. The average molecular weight is 441 g/mol. The molecule has 1 aliphatic rings. The van der Waals surface area contributed by atoms with E-state index in [0.29, 0.717) is 22.2 Å². The van der Waals surface area contributed by atoms with Crippen LogP contribution in [0.15, 0.2) is 54.9 Å².